The largest absolute Gasteiger partial charge is 0.480 e. The van der Waals surface area contributed by atoms with E-state index in [1.807, 2.05) is 0 Å². The van der Waals surface area contributed by atoms with E-state index in [1.54, 1.807) is 0 Å². The maximum Gasteiger partial charge on any atom is 0.329 e. The third kappa shape index (κ3) is 3.02. The Labute approximate surface area is 119 Å². The molecule has 1 aliphatic heterocycles. The number of nitrogens with zero attached hydrogens (tertiary/aromatic N) is 1. The fraction of sp³-hybridized carbons (Fsp3) is 0.562. The number of hydrogen-bond donors (Lipinski definition) is 1. The van der Waals surface area contributed by atoms with Gasteiger partial charge in [-0.2, -0.15) is 0 Å². The van der Waals surface area contributed by atoms with E-state index in [4.69, 9.17) is 9.84 Å². The summed E-state index contributed by atoms with van der Waals surface area (Å²) >= 11 is 0. The Bertz CT molecular complexity index is 480. The fourth-order valence-electron chi connectivity index (χ4n) is 3.28. The minimum absolute atomic E-state index is 0.121. The van der Waals surface area contributed by atoms with E-state index >= 15 is 0 Å². The number of piperidine rings is 1. The summed E-state index contributed by atoms with van der Waals surface area (Å²) in [6.07, 6.45) is 3.21. The van der Waals surface area contributed by atoms with Crippen LogP contribution in [0.25, 0.3) is 0 Å². The molecule has 1 atom stereocenters. The molecular formula is C16H21NO3. The van der Waals surface area contributed by atoms with Crippen LogP contribution in [0.2, 0.25) is 0 Å². The summed E-state index contributed by atoms with van der Waals surface area (Å²) in [5.41, 5.74) is 3.01. The van der Waals surface area contributed by atoms with E-state index in [1.165, 1.54) is 17.5 Å². The molecule has 1 unspecified atom stereocenters. The van der Waals surface area contributed by atoms with E-state index in [0.29, 0.717) is 5.92 Å². The van der Waals surface area contributed by atoms with Crippen LogP contribution in [0.4, 0.5) is 0 Å². The molecule has 2 aliphatic rings. The van der Waals surface area contributed by atoms with Crippen molar-refractivity contribution >= 4 is 5.97 Å². The van der Waals surface area contributed by atoms with Gasteiger partial charge in [-0.1, -0.05) is 24.3 Å². The first kappa shape index (κ1) is 13.6. The van der Waals surface area contributed by atoms with E-state index in [2.05, 4.69) is 29.2 Å². The summed E-state index contributed by atoms with van der Waals surface area (Å²) in [5, 5.41) is 8.61. The van der Waals surface area contributed by atoms with Crippen molar-refractivity contribution in [1.82, 2.24) is 4.90 Å². The van der Waals surface area contributed by atoms with Crippen LogP contribution in [-0.2, 0) is 16.0 Å². The molecule has 20 heavy (non-hydrogen) atoms. The molecule has 0 saturated carbocycles. The second-order valence-corrected chi connectivity index (χ2v) is 5.80. The molecule has 1 aromatic rings. The lowest BCUT2D eigenvalue weighted by molar-refractivity contribution is -0.145. The highest BCUT2D eigenvalue weighted by Gasteiger charge is 2.29. The molecule has 1 aromatic carbocycles. The van der Waals surface area contributed by atoms with E-state index in [9.17, 15) is 4.79 Å². The van der Waals surface area contributed by atoms with Gasteiger partial charge in [0.25, 0.3) is 0 Å². The lowest BCUT2D eigenvalue weighted by atomic mass is 9.77. The third-order valence-electron chi connectivity index (χ3n) is 4.42. The van der Waals surface area contributed by atoms with Gasteiger partial charge in [0.05, 0.1) is 6.10 Å². The fourth-order valence-corrected chi connectivity index (χ4v) is 3.28. The monoisotopic (exact) mass is 275 g/mol. The van der Waals surface area contributed by atoms with Crippen molar-refractivity contribution in [2.24, 2.45) is 0 Å². The lowest BCUT2D eigenvalue weighted by Crippen LogP contribution is -2.41. The number of carboxylic acids is 1. The average Bonchev–Trinajstić information content (AvgIpc) is 2.44. The number of benzene rings is 1. The van der Waals surface area contributed by atoms with Crippen LogP contribution in [-0.4, -0.2) is 48.3 Å². The first-order chi connectivity index (χ1) is 9.72. The van der Waals surface area contributed by atoms with Crippen molar-refractivity contribution < 1.29 is 14.6 Å². The minimum Gasteiger partial charge on any atom is -0.480 e. The summed E-state index contributed by atoms with van der Waals surface area (Å²) in [5.74, 6) is -0.193. The van der Waals surface area contributed by atoms with Crippen LogP contribution >= 0.6 is 0 Å². The van der Waals surface area contributed by atoms with Gasteiger partial charge in [-0.05, 0) is 30.4 Å². The predicted molar refractivity (Wildman–Crippen MR) is 75.9 cm³/mol. The van der Waals surface area contributed by atoms with Crippen LogP contribution in [0.1, 0.15) is 29.9 Å². The number of likely N-dealkylation sites (tertiary alicyclic amines) is 1. The molecule has 0 bridgehead atoms. The second-order valence-electron chi connectivity index (χ2n) is 5.80. The molecule has 1 fully saturated rings. The Balaban J connectivity index is 1.43. The van der Waals surface area contributed by atoms with Crippen molar-refractivity contribution in [3.8, 4) is 0 Å². The molecule has 1 N–H and O–H groups in total. The molecule has 0 spiro atoms. The van der Waals surface area contributed by atoms with Crippen molar-refractivity contribution in [2.45, 2.75) is 31.3 Å². The molecule has 0 aromatic heterocycles. The summed E-state index contributed by atoms with van der Waals surface area (Å²) in [6.45, 7) is 3.00. The number of rotatable bonds is 5. The summed E-state index contributed by atoms with van der Waals surface area (Å²) in [6, 6.07) is 8.70. The molecule has 108 valence electrons. The van der Waals surface area contributed by atoms with E-state index in [0.717, 1.165) is 32.5 Å². The molecule has 1 aliphatic carbocycles. The zero-order valence-electron chi connectivity index (χ0n) is 11.6. The standard InChI is InChI=1S/C16H21NO3/c18-16(19)11-20-14-5-7-17(8-6-14)10-13-9-12-3-1-2-4-15(12)13/h1-4,13-14H,5-11H2,(H,18,19). The first-order valence-electron chi connectivity index (χ1n) is 7.36. The van der Waals surface area contributed by atoms with E-state index < -0.39 is 5.97 Å². The Hall–Kier alpha value is -1.39. The third-order valence-corrected chi connectivity index (χ3v) is 4.42. The second kappa shape index (κ2) is 5.94. The topological polar surface area (TPSA) is 49.8 Å². The van der Waals surface area contributed by atoms with Gasteiger partial charge in [0.2, 0.25) is 0 Å². The Kier molecular flexibility index (Phi) is 4.03. The van der Waals surface area contributed by atoms with Gasteiger partial charge in [-0.3, -0.25) is 0 Å². The van der Waals surface area contributed by atoms with Crippen molar-refractivity contribution in [1.29, 1.82) is 0 Å². The molecule has 0 amide bonds. The zero-order chi connectivity index (χ0) is 13.9. The number of fused-ring (bicyclic) bond motifs is 1. The highest BCUT2D eigenvalue weighted by atomic mass is 16.5. The molecule has 1 heterocycles. The quantitative estimate of drug-likeness (QED) is 0.891. The molecule has 3 rings (SSSR count). The van der Waals surface area contributed by atoms with Crippen molar-refractivity contribution in [2.75, 3.05) is 26.2 Å². The number of aliphatic carboxylic acids is 1. The Morgan fingerprint density at radius 3 is 2.75 bits per heavy atom. The summed E-state index contributed by atoms with van der Waals surface area (Å²) in [4.78, 5) is 13.0. The maximum absolute atomic E-state index is 10.5. The van der Waals surface area contributed by atoms with Crippen LogP contribution < -0.4 is 0 Å². The molecule has 4 heteroatoms. The van der Waals surface area contributed by atoms with Gasteiger partial charge in [0.1, 0.15) is 6.61 Å². The van der Waals surface area contributed by atoms with Crippen molar-refractivity contribution in [3.05, 3.63) is 35.4 Å². The van der Waals surface area contributed by atoms with Gasteiger partial charge < -0.3 is 14.7 Å². The van der Waals surface area contributed by atoms with Crippen LogP contribution in [0.5, 0.6) is 0 Å². The van der Waals surface area contributed by atoms with Crippen LogP contribution in [0.15, 0.2) is 24.3 Å². The minimum atomic E-state index is -0.876. The van der Waals surface area contributed by atoms with Crippen LogP contribution in [0, 0.1) is 0 Å². The number of carbonyl (C=O) groups is 1. The van der Waals surface area contributed by atoms with Gasteiger partial charge >= 0.3 is 5.97 Å². The van der Waals surface area contributed by atoms with Gasteiger partial charge in [-0.15, -0.1) is 0 Å². The molecule has 4 nitrogen and oxygen atoms in total. The van der Waals surface area contributed by atoms with Gasteiger partial charge in [-0.25, -0.2) is 4.79 Å². The molecular weight excluding hydrogens is 254 g/mol. The Morgan fingerprint density at radius 2 is 2.05 bits per heavy atom. The number of ether oxygens (including phenoxy) is 1. The summed E-state index contributed by atoms with van der Waals surface area (Å²) < 4.78 is 5.37. The number of carboxylic acid groups (broad SMARTS) is 1. The molecule has 1 saturated heterocycles. The molecule has 0 radical (unpaired) electrons. The lowest BCUT2D eigenvalue weighted by Gasteiger charge is -2.38. The highest BCUT2D eigenvalue weighted by molar-refractivity contribution is 5.68. The van der Waals surface area contributed by atoms with E-state index in [-0.39, 0.29) is 12.7 Å². The number of hydrogen-bond acceptors (Lipinski definition) is 3. The first-order valence-corrected chi connectivity index (χ1v) is 7.36. The van der Waals surface area contributed by atoms with Crippen LogP contribution in [0.3, 0.4) is 0 Å². The smallest absolute Gasteiger partial charge is 0.329 e. The highest BCUT2D eigenvalue weighted by Crippen LogP contribution is 2.35. The maximum atomic E-state index is 10.5. The normalized spacial score (nSPS) is 23.1. The van der Waals surface area contributed by atoms with Gasteiger partial charge in [0.15, 0.2) is 0 Å². The average molecular weight is 275 g/mol. The Morgan fingerprint density at radius 1 is 1.30 bits per heavy atom. The zero-order valence-corrected chi connectivity index (χ0v) is 11.6. The SMILES string of the molecule is O=C(O)COC1CCN(CC2Cc3ccccc32)CC1. The summed E-state index contributed by atoms with van der Waals surface area (Å²) in [7, 11) is 0. The van der Waals surface area contributed by atoms with Crippen molar-refractivity contribution in [3.63, 3.8) is 0 Å². The van der Waals surface area contributed by atoms with Gasteiger partial charge in [0, 0.05) is 25.6 Å². The predicted octanol–water partition coefficient (Wildman–Crippen LogP) is 1.89.